The molecule has 0 aromatic rings. The molecular weight excluding hydrogens is 355 g/mol. The average Bonchev–Trinajstić information content (AvgIpc) is 2.48. The fourth-order valence-corrected chi connectivity index (χ4v) is 17.3. The van der Waals surface area contributed by atoms with Gasteiger partial charge in [0.2, 0.25) is 0 Å². The van der Waals surface area contributed by atoms with Crippen LogP contribution in [0.4, 0.5) is 0 Å². The Balaban J connectivity index is 4.34. The Kier molecular flexibility index (Phi) is 15.2. The third kappa shape index (κ3) is 10.4. The number of ether oxygens (including phenoxy) is 2. The first kappa shape index (κ1) is 20.7. The molecule has 0 aliphatic rings. The van der Waals surface area contributed by atoms with E-state index in [2.05, 4.69) is 20.8 Å². The second kappa shape index (κ2) is 14.6. The normalized spacial score (nSPS) is 12.0. The van der Waals surface area contributed by atoms with Crippen molar-refractivity contribution in [1.82, 2.24) is 0 Å². The first-order chi connectivity index (χ1) is 9.74. The van der Waals surface area contributed by atoms with Gasteiger partial charge >= 0.3 is 132 Å². The van der Waals surface area contributed by atoms with Crippen LogP contribution in [0.3, 0.4) is 0 Å². The molecule has 122 valence electrons. The van der Waals surface area contributed by atoms with Gasteiger partial charge in [0, 0.05) is 0 Å². The topological polar surface area (TPSA) is 18.5 Å². The minimum absolute atomic E-state index is 0.772. The van der Waals surface area contributed by atoms with Crippen LogP contribution in [0.1, 0.15) is 66.2 Å². The summed E-state index contributed by atoms with van der Waals surface area (Å²) in [7, 11) is 0. The van der Waals surface area contributed by atoms with Crippen molar-refractivity contribution >= 4 is 18.4 Å². The van der Waals surface area contributed by atoms with Crippen molar-refractivity contribution in [3.05, 3.63) is 0 Å². The molecule has 0 aliphatic carbocycles. The van der Waals surface area contributed by atoms with Gasteiger partial charge in [-0.25, -0.2) is 0 Å². The first-order valence-corrected chi connectivity index (χ1v) is 17.0. The van der Waals surface area contributed by atoms with E-state index in [1.54, 1.807) is 13.3 Å². The zero-order valence-electron chi connectivity index (χ0n) is 14.5. The maximum absolute atomic E-state index is 6.06. The molecule has 3 heteroatoms. The van der Waals surface area contributed by atoms with Crippen molar-refractivity contribution < 1.29 is 9.47 Å². The van der Waals surface area contributed by atoms with E-state index >= 15 is 0 Å². The molecule has 0 heterocycles. The van der Waals surface area contributed by atoms with Crippen molar-refractivity contribution in [3.8, 4) is 0 Å². The summed E-state index contributed by atoms with van der Waals surface area (Å²) in [5.74, 6) is 0. The van der Waals surface area contributed by atoms with E-state index in [1.807, 2.05) is 6.92 Å². The monoisotopic (exact) mass is 394 g/mol. The van der Waals surface area contributed by atoms with Crippen molar-refractivity contribution in [2.45, 2.75) is 79.5 Å². The second-order valence-electron chi connectivity index (χ2n) is 6.06. The van der Waals surface area contributed by atoms with E-state index in [-0.39, 0.29) is 0 Å². The molecule has 0 aromatic carbocycles. The Morgan fingerprint density at radius 2 is 1.10 bits per heavy atom. The molecule has 2 nitrogen and oxygen atoms in total. The minimum atomic E-state index is -2.03. The van der Waals surface area contributed by atoms with Gasteiger partial charge in [-0.3, -0.25) is 0 Å². The molecular formula is C17H38O2Sn. The molecule has 0 rings (SSSR count). The van der Waals surface area contributed by atoms with E-state index in [9.17, 15) is 0 Å². The van der Waals surface area contributed by atoms with E-state index in [0.29, 0.717) is 0 Å². The van der Waals surface area contributed by atoms with Crippen LogP contribution in [0.15, 0.2) is 0 Å². The molecule has 0 saturated heterocycles. The van der Waals surface area contributed by atoms with Gasteiger partial charge in [0.15, 0.2) is 0 Å². The molecule has 0 amide bonds. The summed E-state index contributed by atoms with van der Waals surface area (Å²) in [6.45, 7) is 11.4. The molecule has 0 atom stereocenters. The quantitative estimate of drug-likeness (QED) is 0.273. The first-order valence-electron chi connectivity index (χ1n) is 8.90. The average molecular weight is 393 g/mol. The summed E-state index contributed by atoms with van der Waals surface area (Å²) < 4.78 is 17.2. The molecule has 0 fully saturated rings. The van der Waals surface area contributed by atoms with Crippen LogP contribution in [0.5, 0.6) is 0 Å². The molecule has 0 radical (unpaired) electrons. The Morgan fingerprint density at radius 3 is 1.50 bits per heavy atom. The van der Waals surface area contributed by atoms with Gasteiger partial charge < -0.3 is 0 Å². The molecule has 0 aromatic heterocycles. The zero-order valence-corrected chi connectivity index (χ0v) is 17.4. The summed E-state index contributed by atoms with van der Waals surface area (Å²) in [6, 6.07) is 0. The third-order valence-electron chi connectivity index (χ3n) is 4.17. The Labute approximate surface area is 131 Å². The summed E-state index contributed by atoms with van der Waals surface area (Å²) in [4.78, 5) is 0. The van der Waals surface area contributed by atoms with E-state index in [1.165, 1.54) is 38.5 Å². The van der Waals surface area contributed by atoms with E-state index < -0.39 is 18.4 Å². The van der Waals surface area contributed by atoms with Crippen LogP contribution >= 0.6 is 0 Å². The standard InChI is InChI=1S/C5H11O2.3C4H9.Sn/c1-3-7-5-4-6-2;3*1-3-4-2;/h2-5H2,1H3;3*1,3-4H2,2H3;. The van der Waals surface area contributed by atoms with Gasteiger partial charge in [0.05, 0.1) is 0 Å². The van der Waals surface area contributed by atoms with Crippen molar-refractivity contribution in [2.24, 2.45) is 0 Å². The van der Waals surface area contributed by atoms with E-state index in [0.717, 1.165) is 24.4 Å². The van der Waals surface area contributed by atoms with Gasteiger partial charge in [-0.05, 0) is 0 Å². The van der Waals surface area contributed by atoms with Gasteiger partial charge in [-0.1, -0.05) is 0 Å². The fraction of sp³-hybridized carbons (Fsp3) is 1.00. The van der Waals surface area contributed by atoms with Crippen molar-refractivity contribution in [1.29, 1.82) is 0 Å². The molecule has 0 unspecified atom stereocenters. The Morgan fingerprint density at radius 1 is 0.650 bits per heavy atom. The van der Waals surface area contributed by atoms with Gasteiger partial charge in [-0.2, -0.15) is 0 Å². The summed E-state index contributed by atoms with van der Waals surface area (Å²) in [5, 5.41) is 0. The van der Waals surface area contributed by atoms with Crippen molar-refractivity contribution in [2.75, 3.05) is 24.4 Å². The molecule has 0 saturated carbocycles. The fourth-order valence-electron chi connectivity index (χ4n) is 2.80. The summed E-state index contributed by atoms with van der Waals surface area (Å²) >= 11 is -2.03. The van der Waals surface area contributed by atoms with E-state index in [4.69, 9.17) is 9.47 Å². The molecule has 20 heavy (non-hydrogen) atoms. The van der Waals surface area contributed by atoms with Crippen LogP contribution in [0, 0.1) is 0 Å². The number of unbranched alkanes of at least 4 members (excludes halogenated alkanes) is 3. The van der Waals surface area contributed by atoms with Crippen LogP contribution in [-0.2, 0) is 9.47 Å². The van der Waals surface area contributed by atoms with Gasteiger partial charge in [-0.15, -0.1) is 0 Å². The van der Waals surface area contributed by atoms with Crippen LogP contribution < -0.4 is 0 Å². The molecule has 0 bridgehead atoms. The Hall–Kier alpha value is 0.719. The molecule has 0 N–H and O–H groups in total. The predicted molar refractivity (Wildman–Crippen MR) is 92.2 cm³/mol. The summed E-state index contributed by atoms with van der Waals surface area (Å²) in [5.41, 5.74) is 0. The van der Waals surface area contributed by atoms with Crippen molar-refractivity contribution in [3.63, 3.8) is 0 Å². The maximum atomic E-state index is 6.06. The zero-order chi connectivity index (χ0) is 15.1. The SMILES string of the molecule is CCC[CH2][Sn]([CH2]CCC)([CH2]CCC)[CH2]OCCOCC. The number of hydrogen-bond donors (Lipinski definition) is 0. The number of hydrogen-bond acceptors (Lipinski definition) is 2. The second-order valence-corrected chi connectivity index (χ2v) is 19.7. The summed E-state index contributed by atoms with van der Waals surface area (Å²) in [6.07, 6.45) is 8.32. The van der Waals surface area contributed by atoms with Gasteiger partial charge in [0.25, 0.3) is 0 Å². The number of rotatable bonds is 15. The van der Waals surface area contributed by atoms with Crippen LogP contribution in [0.25, 0.3) is 0 Å². The molecule has 0 spiro atoms. The third-order valence-corrected chi connectivity index (χ3v) is 18.6. The Bertz CT molecular complexity index is 176. The molecule has 0 aliphatic heterocycles. The van der Waals surface area contributed by atoms with Crippen LogP contribution in [-0.4, -0.2) is 42.8 Å². The van der Waals surface area contributed by atoms with Gasteiger partial charge in [0.1, 0.15) is 0 Å². The predicted octanol–water partition coefficient (Wildman–Crippen LogP) is 5.43. The van der Waals surface area contributed by atoms with Crippen LogP contribution in [0.2, 0.25) is 13.3 Å².